The molecule has 0 bridgehead atoms. The Labute approximate surface area is 148 Å². The number of amides is 2. The molecule has 0 spiro atoms. The Bertz CT molecular complexity index is 779. The van der Waals surface area contributed by atoms with Crippen LogP contribution in [0.5, 0.6) is 0 Å². The van der Waals surface area contributed by atoms with Crippen LogP contribution in [0.4, 0.5) is 23.7 Å². The maximum absolute atomic E-state index is 13.1. The predicted octanol–water partition coefficient (Wildman–Crippen LogP) is 5.73. The molecule has 0 unspecified atom stereocenters. The summed E-state index contributed by atoms with van der Waals surface area (Å²) in [5, 5.41) is 2.95. The highest BCUT2D eigenvalue weighted by Crippen LogP contribution is 2.38. The molecule has 1 atom stereocenters. The second-order valence-electron chi connectivity index (χ2n) is 5.85. The predicted molar refractivity (Wildman–Crippen MR) is 90.6 cm³/mol. The Balaban J connectivity index is 1.83. The molecule has 0 radical (unpaired) electrons. The van der Waals surface area contributed by atoms with Crippen molar-refractivity contribution in [3.8, 4) is 0 Å². The van der Waals surface area contributed by atoms with Gasteiger partial charge in [0.25, 0.3) is 0 Å². The normalized spacial score (nSPS) is 17.6. The van der Waals surface area contributed by atoms with Gasteiger partial charge in [0, 0.05) is 11.6 Å². The largest absolute Gasteiger partial charge is 0.418 e. The van der Waals surface area contributed by atoms with Crippen molar-refractivity contribution in [1.29, 1.82) is 0 Å². The summed E-state index contributed by atoms with van der Waals surface area (Å²) < 4.78 is 39.3. The highest BCUT2D eigenvalue weighted by atomic mass is 35.5. The first-order chi connectivity index (χ1) is 11.9. The van der Waals surface area contributed by atoms with Crippen LogP contribution >= 0.6 is 11.6 Å². The lowest BCUT2D eigenvalue weighted by Gasteiger charge is -2.26. The molecule has 1 aliphatic heterocycles. The van der Waals surface area contributed by atoms with Gasteiger partial charge in [-0.2, -0.15) is 13.2 Å². The van der Waals surface area contributed by atoms with Crippen molar-refractivity contribution in [2.75, 3.05) is 11.9 Å². The minimum absolute atomic E-state index is 0.244. The van der Waals surface area contributed by atoms with Gasteiger partial charge in [0.2, 0.25) is 0 Å². The Morgan fingerprint density at radius 2 is 1.80 bits per heavy atom. The summed E-state index contributed by atoms with van der Waals surface area (Å²) in [4.78, 5) is 14.1. The number of hydrogen-bond acceptors (Lipinski definition) is 1. The molecule has 2 aromatic rings. The summed E-state index contributed by atoms with van der Waals surface area (Å²) >= 11 is 6.21. The van der Waals surface area contributed by atoms with Crippen molar-refractivity contribution in [3.05, 3.63) is 64.7 Å². The molecule has 132 valence electrons. The first-order valence-electron chi connectivity index (χ1n) is 7.86. The minimum atomic E-state index is -4.53. The number of rotatable bonds is 2. The van der Waals surface area contributed by atoms with Gasteiger partial charge < -0.3 is 10.2 Å². The standard InChI is InChI=1S/C18H16ClF3N2O/c19-14-8-3-1-6-12(14)16-10-5-11-24(16)17(25)23-15-9-4-2-7-13(15)18(20,21)22/h1-4,6-9,16H,5,10-11H2,(H,23,25)/t16-/m0/s1. The number of carbonyl (C=O) groups excluding carboxylic acids is 1. The molecule has 1 N–H and O–H groups in total. The SMILES string of the molecule is O=C(Nc1ccccc1C(F)(F)F)N1CCC[C@H]1c1ccccc1Cl. The van der Waals surface area contributed by atoms with E-state index in [1.165, 1.54) is 23.1 Å². The van der Waals surface area contributed by atoms with E-state index in [9.17, 15) is 18.0 Å². The molecule has 0 aliphatic carbocycles. The van der Waals surface area contributed by atoms with Crippen LogP contribution in [0.1, 0.15) is 30.0 Å². The van der Waals surface area contributed by atoms with Gasteiger partial charge in [0.15, 0.2) is 0 Å². The number of likely N-dealkylation sites (tertiary alicyclic amines) is 1. The van der Waals surface area contributed by atoms with E-state index in [1.807, 2.05) is 12.1 Å². The quantitative estimate of drug-likeness (QED) is 0.721. The molecule has 1 saturated heterocycles. The number of anilines is 1. The van der Waals surface area contributed by atoms with E-state index in [0.29, 0.717) is 11.6 Å². The summed E-state index contributed by atoms with van der Waals surface area (Å²) in [5.74, 6) is 0. The van der Waals surface area contributed by atoms with Gasteiger partial charge in [-0.05, 0) is 36.6 Å². The van der Waals surface area contributed by atoms with Gasteiger partial charge in [0.05, 0.1) is 17.3 Å². The van der Waals surface area contributed by atoms with Crippen LogP contribution < -0.4 is 5.32 Å². The molecule has 25 heavy (non-hydrogen) atoms. The van der Waals surface area contributed by atoms with Crippen LogP contribution in [-0.4, -0.2) is 17.5 Å². The van der Waals surface area contributed by atoms with Crippen LogP contribution in [0.2, 0.25) is 5.02 Å². The van der Waals surface area contributed by atoms with Crippen LogP contribution in [0.3, 0.4) is 0 Å². The second-order valence-corrected chi connectivity index (χ2v) is 6.25. The third kappa shape index (κ3) is 3.74. The number of carbonyl (C=O) groups is 1. The van der Waals surface area contributed by atoms with Crippen molar-refractivity contribution >= 4 is 23.3 Å². The lowest BCUT2D eigenvalue weighted by Crippen LogP contribution is -2.35. The smallest absolute Gasteiger partial charge is 0.317 e. The van der Waals surface area contributed by atoms with E-state index >= 15 is 0 Å². The van der Waals surface area contributed by atoms with E-state index in [1.54, 1.807) is 12.1 Å². The van der Waals surface area contributed by atoms with Crippen molar-refractivity contribution in [2.45, 2.75) is 25.1 Å². The van der Waals surface area contributed by atoms with Gasteiger partial charge in [-0.15, -0.1) is 0 Å². The highest BCUT2D eigenvalue weighted by molar-refractivity contribution is 6.31. The Morgan fingerprint density at radius 1 is 1.12 bits per heavy atom. The zero-order chi connectivity index (χ0) is 18.0. The molecule has 2 amide bonds. The van der Waals surface area contributed by atoms with E-state index in [2.05, 4.69) is 5.32 Å². The molecule has 2 aromatic carbocycles. The maximum Gasteiger partial charge on any atom is 0.418 e. The summed E-state index contributed by atoms with van der Waals surface area (Å²) in [5.41, 5.74) is -0.303. The van der Waals surface area contributed by atoms with Gasteiger partial charge in [-0.1, -0.05) is 41.9 Å². The molecule has 3 nitrogen and oxygen atoms in total. The zero-order valence-electron chi connectivity index (χ0n) is 13.2. The Morgan fingerprint density at radius 3 is 2.52 bits per heavy atom. The number of nitrogens with zero attached hydrogens (tertiary/aromatic N) is 1. The molecule has 3 rings (SSSR count). The topological polar surface area (TPSA) is 32.3 Å². The fourth-order valence-electron chi connectivity index (χ4n) is 3.10. The van der Waals surface area contributed by atoms with E-state index in [4.69, 9.17) is 11.6 Å². The van der Waals surface area contributed by atoms with Crippen molar-refractivity contribution in [3.63, 3.8) is 0 Å². The molecular formula is C18H16ClF3N2O. The lowest BCUT2D eigenvalue weighted by atomic mass is 10.0. The number of para-hydroxylation sites is 1. The van der Waals surface area contributed by atoms with Crippen LogP contribution in [-0.2, 0) is 6.18 Å². The molecule has 1 heterocycles. The first-order valence-corrected chi connectivity index (χ1v) is 8.24. The van der Waals surface area contributed by atoms with E-state index < -0.39 is 17.8 Å². The molecule has 0 aromatic heterocycles. The molecule has 1 aliphatic rings. The summed E-state index contributed by atoms with van der Waals surface area (Å²) in [6.45, 7) is 0.468. The van der Waals surface area contributed by atoms with Crippen molar-refractivity contribution < 1.29 is 18.0 Å². The number of halogens is 4. The van der Waals surface area contributed by atoms with Crippen LogP contribution in [0.15, 0.2) is 48.5 Å². The first kappa shape index (κ1) is 17.6. The summed E-state index contributed by atoms with van der Waals surface area (Å²) in [7, 11) is 0. The fourth-order valence-corrected chi connectivity index (χ4v) is 3.37. The minimum Gasteiger partial charge on any atom is -0.317 e. The third-order valence-electron chi connectivity index (χ3n) is 4.25. The van der Waals surface area contributed by atoms with Crippen molar-refractivity contribution in [2.24, 2.45) is 0 Å². The number of nitrogens with one attached hydrogen (secondary N) is 1. The number of hydrogen-bond donors (Lipinski definition) is 1. The Kier molecular flexibility index (Phi) is 4.90. The fraction of sp³-hybridized carbons (Fsp3) is 0.278. The van der Waals surface area contributed by atoms with Gasteiger partial charge >= 0.3 is 12.2 Å². The maximum atomic E-state index is 13.1. The third-order valence-corrected chi connectivity index (χ3v) is 4.60. The second kappa shape index (κ2) is 6.96. The van der Waals surface area contributed by atoms with Crippen LogP contribution in [0.25, 0.3) is 0 Å². The van der Waals surface area contributed by atoms with Gasteiger partial charge in [0.1, 0.15) is 0 Å². The molecule has 1 fully saturated rings. The number of benzene rings is 2. The average molecular weight is 369 g/mol. The number of alkyl halides is 3. The van der Waals surface area contributed by atoms with E-state index in [-0.39, 0.29) is 11.7 Å². The number of urea groups is 1. The van der Waals surface area contributed by atoms with Gasteiger partial charge in [-0.3, -0.25) is 0 Å². The molecular weight excluding hydrogens is 353 g/mol. The molecule has 0 saturated carbocycles. The van der Waals surface area contributed by atoms with E-state index in [0.717, 1.165) is 24.5 Å². The van der Waals surface area contributed by atoms with Gasteiger partial charge in [-0.25, -0.2) is 4.79 Å². The Hall–Kier alpha value is -2.21. The highest BCUT2D eigenvalue weighted by Gasteiger charge is 2.35. The zero-order valence-corrected chi connectivity index (χ0v) is 13.9. The monoisotopic (exact) mass is 368 g/mol. The van der Waals surface area contributed by atoms with Crippen LogP contribution in [0, 0.1) is 0 Å². The van der Waals surface area contributed by atoms with Crippen molar-refractivity contribution in [1.82, 2.24) is 4.90 Å². The summed E-state index contributed by atoms with van der Waals surface area (Å²) in [6, 6.07) is 11.4. The lowest BCUT2D eigenvalue weighted by molar-refractivity contribution is -0.136. The average Bonchev–Trinajstić information content (AvgIpc) is 3.04. The molecule has 7 heteroatoms. The summed E-state index contributed by atoms with van der Waals surface area (Å²) in [6.07, 6.45) is -3.04.